The van der Waals surface area contributed by atoms with Crippen LogP contribution < -0.4 is 10.1 Å². The lowest BCUT2D eigenvalue weighted by Gasteiger charge is -2.22. The van der Waals surface area contributed by atoms with E-state index in [1.165, 1.54) is 25.1 Å². The number of nitrogens with one attached hydrogen (secondary N) is 1. The number of amides is 1. The van der Waals surface area contributed by atoms with Gasteiger partial charge in [0, 0.05) is 15.7 Å². The Kier molecular flexibility index (Phi) is 5.68. The molecule has 0 saturated carbocycles. The summed E-state index contributed by atoms with van der Waals surface area (Å²) in [7, 11) is 0. The fourth-order valence-electron chi connectivity index (χ4n) is 1.76. The summed E-state index contributed by atoms with van der Waals surface area (Å²) in [4.78, 5) is 15.4. The van der Waals surface area contributed by atoms with Gasteiger partial charge in [-0.3, -0.25) is 4.79 Å². The molecule has 0 saturated heterocycles. The van der Waals surface area contributed by atoms with E-state index in [0.29, 0.717) is 16.5 Å². The number of carbonyl (C=O) groups is 1. The Labute approximate surface area is 149 Å². The number of anilines is 1. The maximum absolute atomic E-state index is 12.2. The van der Waals surface area contributed by atoms with Gasteiger partial charge in [0.05, 0.1) is 6.57 Å². The van der Waals surface area contributed by atoms with Gasteiger partial charge in [0.1, 0.15) is 12.4 Å². The highest BCUT2D eigenvalue weighted by Crippen LogP contribution is 2.28. The Morgan fingerprint density at radius 1 is 1.29 bits per heavy atom. The SMILES string of the molecule is [C-]#[N+]c1ccc(NC(=O)[C@@](C)(O)COc2ccc(Cl)cc2)cc1Cl. The van der Waals surface area contributed by atoms with E-state index in [2.05, 4.69) is 10.2 Å². The van der Waals surface area contributed by atoms with Crippen molar-refractivity contribution >= 4 is 40.5 Å². The van der Waals surface area contributed by atoms with Crippen LogP contribution in [0, 0.1) is 6.57 Å². The molecule has 0 aromatic heterocycles. The summed E-state index contributed by atoms with van der Waals surface area (Å²) < 4.78 is 5.41. The van der Waals surface area contributed by atoms with E-state index in [1.54, 1.807) is 24.3 Å². The highest BCUT2D eigenvalue weighted by atomic mass is 35.5. The summed E-state index contributed by atoms with van der Waals surface area (Å²) in [5.41, 5.74) is -1.10. The third-order valence-corrected chi connectivity index (χ3v) is 3.70. The number of hydrogen-bond acceptors (Lipinski definition) is 3. The summed E-state index contributed by atoms with van der Waals surface area (Å²) >= 11 is 11.7. The Balaban J connectivity index is 2.00. The zero-order valence-corrected chi connectivity index (χ0v) is 14.2. The fourth-order valence-corrected chi connectivity index (χ4v) is 2.11. The second kappa shape index (κ2) is 7.54. The molecule has 0 aliphatic rings. The van der Waals surface area contributed by atoms with Crippen LogP contribution in [-0.4, -0.2) is 23.2 Å². The molecular formula is C17H14Cl2N2O3. The molecule has 1 amide bonds. The smallest absolute Gasteiger partial charge is 0.259 e. The van der Waals surface area contributed by atoms with Crippen molar-refractivity contribution in [2.24, 2.45) is 0 Å². The molecular weight excluding hydrogens is 351 g/mol. The van der Waals surface area contributed by atoms with E-state index in [1.807, 2.05) is 0 Å². The molecule has 124 valence electrons. The van der Waals surface area contributed by atoms with E-state index in [4.69, 9.17) is 34.5 Å². The lowest BCUT2D eigenvalue weighted by atomic mass is 10.1. The molecule has 0 heterocycles. The first kappa shape index (κ1) is 18.1. The molecule has 0 fully saturated rings. The Morgan fingerprint density at radius 3 is 2.54 bits per heavy atom. The summed E-state index contributed by atoms with van der Waals surface area (Å²) in [6.45, 7) is 8.03. The van der Waals surface area contributed by atoms with Gasteiger partial charge in [0.15, 0.2) is 5.60 Å². The monoisotopic (exact) mass is 364 g/mol. The number of carbonyl (C=O) groups excluding carboxylic acids is 1. The number of ether oxygens (including phenoxy) is 1. The van der Waals surface area contributed by atoms with Gasteiger partial charge >= 0.3 is 0 Å². The van der Waals surface area contributed by atoms with Gasteiger partial charge in [0.2, 0.25) is 5.69 Å². The van der Waals surface area contributed by atoms with E-state index in [-0.39, 0.29) is 17.3 Å². The number of aliphatic hydroxyl groups is 1. The molecule has 0 bridgehead atoms. The number of hydrogen-bond donors (Lipinski definition) is 2. The third-order valence-electron chi connectivity index (χ3n) is 3.15. The maximum atomic E-state index is 12.2. The quantitative estimate of drug-likeness (QED) is 0.776. The molecule has 0 radical (unpaired) electrons. The van der Waals surface area contributed by atoms with Crippen LogP contribution in [0.3, 0.4) is 0 Å². The van der Waals surface area contributed by atoms with E-state index in [9.17, 15) is 9.90 Å². The number of benzene rings is 2. The number of halogens is 2. The first-order chi connectivity index (χ1) is 11.3. The summed E-state index contributed by atoms with van der Waals surface area (Å²) in [5.74, 6) is -0.167. The van der Waals surface area contributed by atoms with Crippen molar-refractivity contribution < 1.29 is 14.6 Å². The molecule has 2 rings (SSSR count). The summed E-state index contributed by atoms with van der Waals surface area (Å²) in [6.07, 6.45) is 0. The highest BCUT2D eigenvalue weighted by Gasteiger charge is 2.31. The van der Waals surface area contributed by atoms with Crippen molar-refractivity contribution in [1.82, 2.24) is 0 Å². The van der Waals surface area contributed by atoms with Crippen LogP contribution in [0.2, 0.25) is 10.0 Å². The van der Waals surface area contributed by atoms with Crippen LogP contribution in [0.15, 0.2) is 42.5 Å². The fraction of sp³-hybridized carbons (Fsp3) is 0.176. The van der Waals surface area contributed by atoms with Gasteiger partial charge in [-0.2, -0.15) is 0 Å². The molecule has 0 unspecified atom stereocenters. The van der Waals surface area contributed by atoms with Crippen molar-refractivity contribution in [1.29, 1.82) is 0 Å². The van der Waals surface area contributed by atoms with Crippen molar-refractivity contribution in [3.63, 3.8) is 0 Å². The minimum absolute atomic E-state index is 0.222. The van der Waals surface area contributed by atoms with E-state index >= 15 is 0 Å². The Hall–Kier alpha value is -2.26. The van der Waals surface area contributed by atoms with Crippen molar-refractivity contribution in [2.45, 2.75) is 12.5 Å². The molecule has 2 N–H and O–H groups in total. The second-order valence-electron chi connectivity index (χ2n) is 5.25. The van der Waals surface area contributed by atoms with Gasteiger partial charge in [-0.05, 0) is 43.3 Å². The minimum Gasteiger partial charge on any atom is -0.490 e. The number of nitrogens with zero attached hydrogens (tertiary/aromatic N) is 1. The zero-order valence-electron chi connectivity index (χ0n) is 12.7. The summed E-state index contributed by atoms with van der Waals surface area (Å²) in [6, 6.07) is 11.0. The standard InChI is InChI=1S/C17H14Cl2N2O3/c1-17(23,10-24-13-6-3-11(18)4-7-13)16(22)21-12-5-8-15(20-2)14(19)9-12/h3-9,23H,10H2,1H3,(H,21,22)/t17-/m0/s1. The lowest BCUT2D eigenvalue weighted by Crippen LogP contribution is -2.45. The number of rotatable bonds is 5. The molecule has 2 aromatic rings. The lowest BCUT2D eigenvalue weighted by molar-refractivity contribution is -0.135. The molecule has 1 atom stereocenters. The molecule has 0 aliphatic heterocycles. The first-order valence-electron chi connectivity index (χ1n) is 6.91. The van der Waals surface area contributed by atoms with Crippen LogP contribution in [-0.2, 0) is 4.79 Å². The van der Waals surface area contributed by atoms with E-state index in [0.717, 1.165) is 0 Å². The summed E-state index contributed by atoms with van der Waals surface area (Å²) in [5, 5.41) is 13.6. The molecule has 7 heteroatoms. The van der Waals surface area contributed by atoms with E-state index < -0.39 is 11.5 Å². The molecule has 0 aliphatic carbocycles. The van der Waals surface area contributed by atoms with Gasteiger partial charge in [0.25, 0.3) is 5.91 Å². The molecule has 2 aromatic carbocycles. The average molecular weight is 365 g/mol. The van der Waals surface area contributed by atoms with Crippen molar-refractivity contribution in [3.05, 3.63) is 63.9 Å². The molecule has 24 heavy (non-hydrogen) atoms. The van der Waals surface area contributed by atoms with Crippen LogP contribution in [0.4, 0.5) is 11.4 Å². The second-order valence-corrected chi connectivity index (χ2v) is 6.09. The first-order valence-corrected chi connectivity index (χ1v) is 7.66. The molecule has 5 nitrogen and oxygen atoms in total. The van der Waals surface area contributed by atoms with Crippen molar-refractivity contribution in [3.8, 4) is 5.75 Å². The topological polar surface area (TPSA) is 62.9 Å². The highest BCUT2D eigenvalue weighted by molar-refractivity contribution is 6.33. The predicted molar refractivity (Wildman–Crippen MR) is 93.9 cm³/mol. The van der Waals surface area contributed by atoms with Crippen LogP contribution in [0.25, 0.3) is 4.85 Å². The Morgan fingerprint density at radius 2 is 1.96 bits per heavy atom. The van der Waals surface area contributed by atoms with Crippen LogP contribution >= 0.6 is 23.2 Å². The average Bonchev–Trinajstić information content (AvgIpc) is 2.54. The van der Waals surface area contributed by atoms with Crippen LogP contribution in [0.5, 0.6) is 5.75 Å². The van der Waals surface area contributed by atoms with Crippen LogP contribution in [0.1, 0.15) is 6.92 Å². The van der Waals surface area contributed by atoms with Gasteiger partial charge in [-0.1, -0.05) is 29.3 Å². The normalized spacial score (nSPS) is 12.8. The zero-order chi connectivity index (χ0) is 17.7. The van der Waals surface area contributed by atoms with Gasteiger partial charge in [-0.15, -0.1) is 0 Å². The van der Waals surface area contributed by atoms with Gasteiger partial charge in [-0.25, -0.2) is 4.85 Å². The van der Waals surface area contributed by atoms with Gasteiger partial charge < -0.3 is 15.2 Å². The largest absolute Gasteiger partial charge is 0.490 e. The predicted octanol–water partition coefficient (Wildman–Crippen LogP) is 4.31. The Bertz CT molecular complexity index is 783. The maximum Gasteiger partial charge on any atom is 0.259 e. The van der Waals surface area contributed by atoms with Crippen molar-refractivity contribution in [2.75, 3.05) is 11.9 Å². The minimum atomic E-state index is -1.76. The third kappa shape index (κ3) is 4.62. The molecule has 0 spiro atoms.